The van der Waals surface area contributed by atoms with Crippen LogP contribution in [0.5, 0.6) is 0 Å². The topological polar surface area (TPSA) is 108 Å². The molecule has 0 radical (unpaired) electrons. The van der Waals surface area contributed by atoms with Crippen LogP contribution in [0.1, 0.15) is 49.7 Å². The SMILES string of the molecule is O=C(NC1CCCCC1)C1N([C@@H](CO)Cc2ccccc2)C(=O)[C@@H]2[C@H](C(=O)NCc3ccccc3)[C@H]3OC12CC3Br. The van der Waals surface area contributed by atoms with Crippen LogP contribution in [0.25, 0.3) is 0 Å². The predicted molar refractivity (Wildman–Crippen MR) is 157 cm³/mol. The zero-order chi connectivity index (χ0) is 28.6. The number of benzene rings is 2. The van der Waals surface area contributed by atoms with Gasteiger partial charge in [0.15, 0.2) is 0 Å². The lowest BCUT2D eigenvalue weighted by Gasteiger charge is -2.38. The molecule has 1 spiro atoms. The van der Waals surface area contributed by atoms with E-state index in [1.807, 2.05) is 60.7 Å². The minimum Gasteiger partial charge on any atom is -0.394 e. The van der Waals surface area contributed by atoms with Gasteiger partial charge in [0, 0.05) is 17.4 Å². The summed E-state index contributed by atoms with van der Waals surface area (Å²) < 4.78 is 6.64. The maximum absolute atomic E-state index is 14.4. The van der Waals surface area contributed by atoms with E-state index in [0.29, 0.717) is 19.4 Å². The van der Waals surface area contributed by atoms with Crippen LogP contribution in [0, 0.1) is 11.8 Å². The first kappa shape index (κ1) is 28.4. The number of nitrogens with zero attached hydrogens (tertiary/aromatic N) is 1. The summed E-state index contributed by atoms with van der Waals surface area (Å²) in [6.45, 7) is 0.0367. The maximum Gasteiger partial charge on any atom is 0.246 e. The molecule has 4 fully saturated rings. The molecule has 2 aromatic rings. The van der Waals surface area contributed by atoms with Gasteiger partial charge in [0.2, 0.25) is 17.7 Å². The van der Waals surface area contributed by atoms with Gasteiger partial charge in [-0.25, -0.2) is 0 Å². The highest BCUT2D eigenvalue weighted by Crippen LogP contribution is 2.60. The van der Waals surface area contributed by atoms with E-state index in [1.165, 1.54) is 0 Å². The molecular formula is C32H38BrN3O5. The van der Waals surface area contributed by atoms with Gasteiger partial charge in [-0.1, -0.05) is 95.9 Å². The third kappa shape index (κ3) is 5.21. The molecule has 41 heavy (non-hydrogen) atoms. The van der Waals surface area contributed by atoms with E-state index < -0.39 is 35.6 Å². The van der Waals surface area contributed by atoms with Gasteiger partial charge in [-0.05, 0) is 36.8 Å². The molecular weight excluding hydrogens is 586 g/mol. The average Bonchev–Trinajstić information content (AvgIpc) is 3.59. The first-order valence-electron chi connectivity index (χ1n) is 14.8. The first-order chi connectivity index (χ1) is 19.9. The highest BCUT2D eigenvalue weighted by molar-refractivity contribution is 9.09. The van der Waals surface area contributed by atoms with Crippen LogP contribution in [0.2, 0.25) is 0 Å². The lowest BCUT2D eigenvalue weighted by Crippen LogP contribution is -2.60. The van der Waals surface area contributed by atoms with Crippen molar-refractivity contribution in [2.75, 3.05) is 6.61 Å². The number of fused-ring (bicyclic) bond motifs is 1. The Morgan fingerprint density at radius 2 is 1.66 bits per heavy atom. The Kier molecular flexibility index (Phi) is 8.21. The van der Waals surface area contributed by atoms with E-state index in [-0.39, 0.29) is 35.2 Å². The summed E-state index contributed by atoms with van der Waals surface area (Å²) in [6, 6.07) is 17.8. The number of ether oxygens (including phenoxy) is 1. The molecule has 8 nitrogen and oxygen atoms in total. The Balaban J connectivity index is 1.33. The van der Waals surface area contributed by atoms with Crippen LogP contribution < -0.4 is 10.6 Å². The molecule has 218 valence electrons. The van der Waals surface area contributed by atoms with Gasteiger partial charge in [0.25, 0.3) is 0 Å². The molecule has 2 aromatic carbocycles. The minimum absolute atomic E-state index is 0.0497. The van der Waals surface area contributed by atoms with Crippen molar-refractivity contribution in [3.63, 3.8) is 0 Å². The quantitative estimate of drug-likeness (QED) is 0.372. The van der Waals surface area contributed by atoms with E-state index >= 15 is 0 Å². The number of hydrogen-bond donors (Lipinski definition) is 3. The molecule has 0 aromatic heterocycles. The van der Waals surface area contributed by atoms with E-state index in [2.05, 4.69) is 26.6 Å². The fourth-order valence-electron chi connectivity index (χ4n) is 7.63. The molecule has 3 saturated heterocycles. The largest absolute Gasteiger partial charge is 0.394 e. The molecule has 1 saturated carbocycles. The van der Waals surface area contributed by atoms with Crippen molar-refractivity contribution in [3.05, 3.63) is 71.8 Å². The number of aliphatic hydroxyl groups is 1. The third-order valence-corrected chi connectivity index (χ3v) is 10.3. The number of likely N-dealkylation sites (tertiary alicyclic amines) is 1. The van der Waals surface area contributed by atoms with E-state index in [9.17, 15) is 19.5 Å². The zero-order valence-corrected chi connectivity index (χ0v) is 24.7. The Labute approximate surface area is 249 Å². The molecule has 9 heteroatoms. The summed E-state index contributed by atoms with van der Waals surface area (Å²) in [7, 11) is 0. The highest BCUT2D eigenvalue weighted by atomic mass is 79.9. The number of carbonyl (C=O) groups excluding carboxylic acids is 3. The lowest BCUT2D eigenvalue weighted by atomic mass is 9.70. The van der Waals surface area contributed by atoms with Crippen LogP contribution in [-0.2, 0) is 32.1 Å². The third-order valence-electron chi connectivity index (χ3n) is 9.46. The molecule has 6 rings (SSSR count). The first-order valence-corrected chi connectivity index (χ1v) is 15.8. The van der Waals surface area contributed by atoms with Crippen molar-refractivity contribution < 1.29 is 24.2 Å². The molecule has 3 N–H and O–H groups in total. The lowest BCUT2D eigenvalue weighted by molar-refractivity contribution is -0.146. The molecule has 3 unspecified atom stereocenters. The van der Waals surface area contributed by atoms with Crippen LogP contribution in [0.3, 0.4) is 0 Å². The number of nitrogens with one attached hydrogen (secondary N) is 2. The van der Waals surface area contributed by atoms with Crippen LogP contribution in [0.15, 0.2) is 60.7 Å². The molecule has 1 aliphatic carbocycles. The Bertz CT molecular complexity index is 1260. The second-order valence-electron chi connectivity index (χ2n) is 12.0. The predicted octanol–water partition coefficient (Wildman–Crippen LogP) is 3.10. The van der Waals surface area contributed by atoms with Crippen LogP contribution in [-0.4, -0.2) is 69.0 Å². The van der Waals surface area contributed by atoms with Gasteiger partial charge in [-0.15, -0.1) is 0 Å². The molecule has 3 aliphatic heterocycles. The Hall–Kier alpha value is -2.75. The standard InChI is InChI=1S/C32H38BrN3O5/c33-24-17-32-26(25(27(24)41-32)29(38)34-18-21-12-6-2-7-13-21)31(40)36(23(19-37)16-20-10-4-1-5-11-20)28(32)30(39)35-22-14-8-3-9-15-22/h1-2,4-7,10-13,22-28,37H,3,8-9,14-19H2,(H,34,38)(H,35,39)/t23-,24?,25+,26+,27+,28?,32?/m1/s1. The number of carbonyl (C=O) groups is 3. The Morgan fingerprint density at radius 1 is 1.00 bits per heavy atom. The minimum atomic E-state index is -1.15. The average molecular weight is 625 g/mol. The summed E-state index contributed by atoms with van der Waals surface area (Å²) in [4.78, 5) is 43.7. The number of amides is 3. The number of rotatable bonds is 9. The van der Waals surface area contributed by atoms with Crippen LogP contribution >= 0.6 is 15.9 Å². The van der Waals surface area contributed by atoms with Gasteiger partial charge >= 0.3 is 0 Å². The number of aliphatic hydroxyl groups excluding tert-OH is 1. The fraction of sp³-hybridized carbons (Fsp3) is 0.531. The van der Waals surface area contributed by atoms with Gasteiger partial charge < -0.3 is 25.4 Å². The Morgan fingerprint density at radius 3 is 2.32 bits per heavy atom. The molecule has 4 aliphatic rings. The highest BCUT2D eigenvalue weighted by Gasteiger charge is 2.77. The normalized spacial score (nSPS) is 31.6. The maximum atomic E-state index is 14.4. The van der Waals surface area contributed by atoms with Gasteiger partial charge in [0.05, 0.1) is 30.6 Å². The summed E-state index contributed by atoms with van der Waals surface area (Å²) >= 11 is 3.74. The van der Waals surface area contributed by atoms with Crippen molar-refractivity contribution in [2.45, 2.75) is 86.1 Å². The monoisotopic (exact) mass is 623 g/mol. The molecule has 2 bridgehead atoms. The molecule has 7 atom stereocenters. The number of alkyl halides is 1. The zero-order valence-electron chi connectivity index (χ0n) is 23.1. The summed E-state index contributed by atoms with van der Waals surface area (Å²) in [5.74, 6) is -2.32. The van der Waals surface area contributed by atoms with Crippen molar-refractivity contribution in [1.29, 1.82) is 0 Å². The van der Waals surface area contributed by atoms with Gasteiger partial charge in [-0.3, -0.25) is 14.4 Å². The smallest absolute Gasteiger partial charge is 0.246 e. The summed E-state index contributed by atoms with van der Waals surface area (Å²) in [5, 5.41) is 16.9. The second kappa shape index (κ2) is 11.9. The van der Waals surface area contributed by atoms with Gasteiger partial charge in [0.1, 0.15) is 11.6 Å². The van der Waals surface area contributed by atoms with Gasteiger partial charge in [-0.2, -0.15) is 0 Å². The van der Waals surface area contributed by atoms with E-state index in [1.54, 1.807) is 4.90 Å². The molecule has 3 heterocycles. The van der Waals surface area contributed by atoms with E-state index in [0.717, 1.165) is 43.2 Å². The van der Waals surface area contributed by atoms with E-state index in [4.69, 9.17) is 4.74 Å². The van der Waals surface area contributed by atoms with Crippen molar-refractivity contribution in [2.24, 2.45) is 11.8 Å². The van der Waals surface area contributed by atoms with Crippen molar-refractivity contribution in [1.82, 2.24) is 15.5 Å². The van der Waals surface area contributed by atoms with Crippen LogP contribution in [0.4, 0.5) is 0 Å². The second-order valence-corrected chi connectivity index (χ2v) is 13.2. The summed E-state index contributed by atoms with van der Waals surface area (Å²) in [6.07, 6.45) is 5.41. The number of hydrogen-bond acceptors (Lipinski definition) is 5. The molecule has 3 amide bonds. The van der Waals surface area contributed by atoms with Crippen molar-refractivity contribution >= 4 is 33.7 Å². The van der Waals surface area contributed by atoms with Crippen molar-refractivity contribution in [3.8, 4) is 0 Å². The fourth-order valence-corrected chi connectivity index (χ4v) is 8.57. The number of halogens is 1. The summed E-state index contributed by atoms with van der Waals surface area (Å²) in [5.41, 5.74) is 0.775.